The lowest BCUT2D eigenvalue weighted by Crippen LogP contribution is -2.58. The zero-order valence-corrected chi connectivity index (χ0v) is 23.5. The number of carbonyl (C=O) groups excluding carboxylic acids is 1. The third-order valence-corrected chi connectivity index (χ3v) is 8.84. The number of nitrogens with one attached hydrogen (secondary N) is 1. The molecule has 1 amide bonds. The van der Waals surface area contributed by atoms with Gasteiger partial charge >= 0.3 is 12.1 Å². The Morgan fingerprint density at radius 2 is 1.86 bits per heavy atom. The molecule has 2 aromatic rings. The number of nitrogens with zero attached hydrogens (tertiary/aromatic N) is 1. The van der Waals surface area contributed by atoms with E-state index in [0.29, 0.717) is 32.4 Å². The number of halogens is 4. The fraction of sp³-hybridized carbons (Fsp3) is 0.548. The summed E-state index contributed by atoms with van der Waals surface area (Å²) in [4.78, 5) is 27.8. The lowest BCUT2D eigenvalue weighted by Gasteiger charge is -2.46. The number of rotatable bonds is 9. The Hall–Kier alpha value is -3.18. The van der Waals surface area contributed by atoms with E-state index in [1.807, 2.05) is 0 Å². The average molecular weight is 593 g/mol. The number of carboxylic acid groups (broad SMARTS) is 1. The zero-order valence-electron chi connectivity index (χ0n) is 23.5. The minimum absolute atomic E-state index is 0.0370. The second-order valence-corrected chi connectivity index (χ2v) is 11.5. The highest BCUT2D eigenvalue weighted by Crippen LogP contribution is 2.48. The monoisotopic (exact) mass is 592 g/mol. The first-order valence-corrected chi connectivity index (χ1v) is 14.5. The van der Waals surface area contributed by atoms with E-state index < -0.39 is 29.2 Å². The lowest BCUT2D eigenvalue weighted by molar-refractivity contribution is -0.166. The maximum absolute atomic E-state index is 13.5. The molecule has 7 nitrogen and oxygen atoms in total. The molecule has 2 N–H and O–H groups in total. The molecule has 42 heavy (non-hydrogen) atoms. The SMILES string of the molecule is CCOc1cc(CNC(=O)[C@@]2(C3CC3)CC[C@@H](N3CCC(c4ccc(F)cc4)[C@H](C(=O)O)C3)CO2)cc(C(F)(F)F)c1. The van der Waals surface area contributed by atoms with Crippen molar-refractivity contribution in [3.63, 3.8) is 0 Å². The van der Waals surface area contributed by atoms with Crippen LogP contribution in [-0.4, -0.2) is 59.8 Å². The number of likely N-dealkylation sites (tertiary alicyclic amines) is 1. The molecular weight excluding hydrogens is 556 g/mol. The Morgan fingerprint density at radius 3 is 2.45 bits per heavy atom. The van der Waals surface area contributed by atoms with E-state index in [0.717, 1.165) is 30.5 Å². The topological polar surface area (TPSA) is 88.1 Å². The molecule has 3 aliphatic rings. The number of piperidine rings is 1. The van der Waals surface area contributed by atoms with Crippen molar-refractivity contribution in [2.45, 2.75) is 69.3 Å². The summed E-state index contributed by atoms with van der Waals surface area (Å²) in [6.07, 6.45) is -1.20. The molecule has 2 aromatic carbocycles. The second-order valence-electron chi connectivity index (χ2n) is 11.5. The number of hydrogen-bond acceptors (Lipinski definition) is 5. The molecule has 2 saturated heterocycles. The highest BCUT2D eigenvalue weighted by molar-refractivity contribution is 5.86. The van der Waals surface area contributed by atoms with Crippen molar-refractivity contribution in [2.75, 3.05) is 26.3 Å². The first-order valence-electron chi connectivity index (χ1n) is 14.5. The third-order valence-electron chi connectivity index (χ3n) is 8.84. The molecule has 1 unspecified atom stereocenters. The number of carbonyl (C=O) groups is 2. The number of aliphatic carboxylic acids is 1. The van der Waals surface area contributed by atoms with Crippen molar-refractivity contribution in [2.24, 2.45) is 11.8 Å². The summed E-state index contributed by atoms with van der Waals surface area (Å²) >= 11 is 0. The summed E-state index contributed by atoms with van der Waals surface area (Å²) in [6.45, 7) is 3.04. The summed E-state index contributed by atoms with van der Waals surface area (Å²) in [5, 5.41) is 12.8. The lowest BCUT2D eigenvalue weighted by atomic mass is 9.79. The number of alkyl halides is 3. The maximum Gasteiger partial charge on any atom is 0.416 e. The standard InChI is InChI=1S/C31H36F4N2O5/c1-2-41-25-14-19(13-22(15-25)31(33,34)35)16-36-29(40)30(21-5-6-21)11-9-24(18-42-30)37-12-10-26(27(17-37)28(38)39)20-3-7-23(32)8-4-20/h3-4,7-8,13-15,21,24,26-27H,2,5-6,9-12,16-18H2,1H3,(H,36,40)(H,38,39)/t24-,26?,27-,30+/m1/s1. The van der Waals surface area contributed by atoms with E-state index in [-0.39, 0.29) is 60.7 Å². The zero-order chi connectivity index (χ0) is 30.1. The molecule has 0 aromatic heterocycles. The highest BCUT2D eigenvalue weighted by Gasteiger charge is 2.54. The number of hydrogen-bond donors (Lipinski definition) is 2. The first kappa shape index (κ1) is 30.3. The van der Waals surface area contributed by atoms with Gasteiger partial charge in [-0.3, -0.25) is 14.5 Å². The molecular formula is C31H36F4N2O5. The maximum atomic E-state index is 13.5. The molecule has 0 radical (unpaired) electrons. The van der Waals surface area contributed by atoms with Gasteiger partial charge in [0.05, 0.1) is 24.7 Å². The van der Waals surface area contributed by atoms with Gasteiger partial charge in [-0.05, 0) is 98.9 Å². The highest BCUT2D eigenvalue weighted by atomic mass is 19.4. The summed E-state index contributed by atoms with van der Waals surface area (Å²) in [5.41, 5.74) is -0.805. The summed E-state index contributed by atoms with van der Waals surface area (Å²) in [6, 6.07) is 9.39. The van der Waals surface area contributed by atoms with E-state index in [4.69, 9.17) is 9.47 Å². The van der Waals surface area contributed by atoms with Crippen LogP contribution in [0.3, 0.4) is 0 Å². The van der Waals surface area contributed by atoms with Crippen LogP contribution in [0.2, 0.25) is 0 Å². The van der Waals surface area contributed by atoms with Crippen molar-refractivity contribution in [1.82, 2.24) is 10.2 Å². The normalized spacial score (nSPS) is 26.9. The molecule has 2 aliphatic heterocycles. The Morgan fingerprint density at radius 1 is 1.12 bits per heavy atom. The van der Waals surface area contributed by atoms with E-state index in [1.54, 1.807) is 19.1 Å². The fourth-order valence-electron chi connectivity index (χ4n) is 6.48. The minimum Gasteiger partial charge on any atom is -0.494 e. The fourth-order valence-corrected chi connectivity index (χ4v) is 6.48. The molecule has 4 atom stereocenters. The molecule has 0 spiro atoms. The van der Waals surface area contributed by atoms with Crippen molar-refractivity contribution >= 4 is 11.9 Å². The molecule has 11 heteroatoms. The van der Waals surface area contributed by atoms with Gasteiger partial charge in [0.1, 0.15) is 17.2 Å². The predicted molar refractivity (Wildman–Crippen MR) is 145 cm³/mol. The number of carboxylic acids is 1. The van der Waals surface area contributed by atoms with Gasteiger partial charge in [-0.2, -0.15) is 13.2 Å². The average Bonchev–Trinajstić information content (AvgIpc) is 3.82. The van der Waals surface area contributed by atoms with Crippen LogP contribution >= 0.6 is 0 Å². The van der Waals surface area contributed by atoms with Crippen LogP contribution in [0.15, 0.2) is 42.5 Å². The molecule has 0 bridgehead atoms. The van der Waals surface area contributed by atoms with Crippen LogP contribution < -0.4 is 10.1 Å². The molecule has 5 rings (SSSR count). The molecule has 1 saturated carbocycles. The minimum atomic E-state index is -4.55. The quantitative estimate of drug-likeness (QED) is 0.381. The molecule has 1 aliphatic carbocycles. The van der Waals surface area contributed by atoms with Gasteiger partial charge in [-0.25, -0.2) is 4.39 Å². The van der Waals surface area contributed by atoms with E-state index in [9.17, 15) is 32.3 Å². The van der Waals surface area contributed by atoms with Crippen LogP contribution in [0.1, 0.15) is 61.6 Å². The summed E-state index contributed by atoms with van der Waals surface area (Å²) in [7, 11) is 0. The van der Waals surface area contributed by atoms with E-state index in [1.165, 1.54) is 18.2 Å². The number of ether oxygens (including phenoxy) is 2. The molecule has 2 heterocycles. The Balaban J connectivity index is 1.23. The summed E-state index contributed by atoms with van der Waals surface area (Å²) in [5.74, 6) is -2.36. The van der Waals surface area contributed by atoms with Gasteiger partial charge in [0.15, 0.2) is 0 Å². The first-order chi connectivity index (χ1) is 20.0. The largest absolute Gasteiger partial charge is 0.494 e. The second kappa shape index (κ2) is 12.2. The van der Waals surface area contributed by atoms with Gasteiger partial charge in [-0.1, -0.05) is 12.1 Å². The molecule has 3 fully saturated rings. The van der Waals surface area contributed by atoms with Crippen LogP contribution in [0.4, 0.5) is 17.6 Å². The van der Waals surface area contributed by atoms with Crippen molar-refractivity contribution in [1.29, 1.82) is 0 Å². The molecule has 228 valence electrons. The van der Waals surface area contributed by atoms with Crippen molar-refractivity contribution in [3.05, 3.63) is 65.0 Å². The number of amides is 1. The predicted octanol–water partition coefficient (Wildman–Crippen LogP) is 5.38. The Bertz CT molecular complexity index is 1270. The van der Waals surface area contributed by atoms with Crippen LogP contribution in [0, 0.1) is 17.7 Å². The number of benzene rings is 2. The third kappa shape index (κ3) is 6.57. The summed E-state index contributed by atoms with van der Waals surface area (Å²) < 4.78 is 65.3. The Kier molecular flexibility index (Phi) is 8.80. The van der Waals surface area contributed by atoms with Crippen LogP contribution in [0.5, 0.6) is 5.75 Å². The van der Waals surface area contributed by atoms with Gasteiger partial charge in [0.25, 0.3) is 5.91 Å². The Labute approximate surface area is 242 Å². The van der Waals surface area contributed by atoms with E-state index in [2.05, 4.69) is 10.2 Å². The van der Waals surface area contributed by atoms with Crippen molar-refractivity contribution < 1.29 is 41.7 Å². The van der Waals surface area contributed by atoms with E-state index >= 15 is 0 Å². The van der Waals surface area contributed by atoms with Gasteiger partial charge in [0.2, 0.25) is 0 Å². The van der Waals surface area contributed by atoms with Gasteiger partial charge in [-0.15, -0.1) is 0 Å². The van der Waals surface area contributed by atoms with Crippen LogP contribution in [-0.2, 0) is 27.0 Å². The van der Waals surface area contributed by atoms with Gasteiger partial charge in [0, 0.05) is 19.1 Å². The smallest absolute Gasteiger partial charge is 0.416 e. The van der Waals surface area contributed by atoms with Crippen molar-refractivity contribution in [3.8, 4) is 5.75 Å². The van der Waals surface area contributed by atoms with Gasteiger partial charge < -0.3 is 19.9 Å². The van der Waals surface area contributed by atoms with Crippen LogP contribution in [0.25, 0.3) is 0 Å².